The summed E-state index contributed by atoms with van der Waals surface area (Å²) < 4.78 is 1.91. The second kappa shape index (κ2) is 6.45. The Labute approximate surface area is 144 Å². The first kappa shape index (κ1) is 16.2. The van der Waals surface area contributed by atoms with Gasteiger partial charge in [-0.2, -0.15) is 0 Å². The molecular formula is C16H17ClN6O. The fourth-order valence-electron chi connectivity index (χ4n) is 2.37. The van der Waals surface area contributed by atoms with E-state index in [9.17, 15) is 4.79 Å². The minimum Gasteiger partial charge on any atom is -0.351 e. The summed E-state index contributed by atoms with van der Waals surface area (Å²) in [6.45, 7) is 0.485. The maximum absolute atomic E-state index is 12.0. The topological polar surface area (TPSA) is 66.6 Å². The quantitative estimate of drug-likeness (QED) is 0.725. The van der Waals surface area contributed by atoms with Gasteiger partial charge >= 0.3 is 0 Å². The normalized spacial score (nSPS) is 10.8. The number of nitrogens with zero attached hydrogens (tertiary/aromatic N) is 6. The summed E-state index contributed by atoms with van der Waals surface area (Å²) in [4.78, 5) is 19.7. The van der Waals surface area contributed by atoms with Crippen molar-refractivity contribution in [1.29, 1.82) is 0 Å². The molecule has 3 aromatic rings. The molecule has 0 spiro atoms. The van der Waals surface area contributed by atoms with Gasteiger partial charge in [0.05, 0.1) is 17.1 Å². The molecule has 3 aromatic heterocycles. The van der Waals surface area contributed by atoms with Crippen LogP contribution in [0.5, 0.6) is 0 Å². The molecule has 8 heteroatoms. The van der Waals surface area contributed by atoms with Crippen molar-refractivity contribution < 1.29 is 4.79 Å². The van der Waals surface area contributed by atoms with Crippen LogP contribution in [-0.2, 0) is 6.54 Å². The van der Waals surface area contributed by atoms with E-state index in [-0.39, 0.29) is 5.91 Å². The van der Waals surface area contributed by atoms with E-state index in [4.69, 9.17) is 11.6 Å². The molecule has 0 saturated heterocycles. The number of carbonyl (C=O) groups excluding carboxylic acids is 1. The largest absolute Gasteiger partial charge is 0.351 e. The molecular weight excluding hydrogens is 328 g/mol. The lowest BCUT2D eigenvalue weighted by Gasteiger charge is -2.19. The molecule has 24 heavy (non-hydrogen) atoms. The van der Waals surface area contributed by atoms with Crippen LogP contribution in [0.1, 0.15) is 16.2 Å². The zero-order chi connectivity index (χ0) is 17.3. The molecule has 0 aliphatic rings. The molecule has 0 radical (unpaired) electrons. The first-order chi connectivity index (χ1) is 11.5. The van der Waals surface area contributed by atoms with Crippen LogP contribution < -0.4 is 4.90 Å². The van der Waals surface area contributed by atoms with E-state index >= 15 is 0 Å². The van der Waals surface area contributed by atoms with E-state index in [1.165, 1.54) is 11.1 Å². The van der Waals surface area contributed by atoms with Crippen molar-refractivity contribution in [3.8, 4) is 0 Å². The van der Waals surface area contributed by atoms with Crippen LogP contribution in [0, 0.1) is 0 Å². The molecule has 0 atom stereocenters. The Balaban J connectivity index is 1.85. The maximum atomic E-state index is 12.0. The third-order valence-corrected chi connectivity index (χ3v) is 3.88. The molecule has 1 amide bonds. The number of amides is 1. The number of pyridine rings is 2. The second-order valence-electron chi connectivity index (χ2n) is 5.63. The Morgan fingerprint density at radius 1 is 1.25 bits per heavy atom. The zero-order valence-electron chi connectivity index (χ0n) is 13.6. The number of hydrogen-bond acceptors (Lipinski definition) is 5. The molecule has 124 valence electrons. The SMILES string of the molecule is CN(C)C(=O)c1cnc(N(C)Cc2nnc3ccccn23)c(Cl)c1. The molecule has 0 N–H and O–H groups in total. The van der Waals surface area contributed by atoms with E-state index in [0.29, 0.717) is 22.9 Å². The summed E-state index contributed by atoms with van der Waals surface area (Å²) in [6.07, 6.45) is 3.44. The van der Waals surface area contributed by atoms with E-state index in [1.54, 1.807) is 20.2 Å². The van der Waals surface area contributed by atoms with Crippen molar-refractivity contribution in [3.63, 3.8) is 0 Å². The Bertz CT molecular complexity index is 891. The van der Waals surface area contributed by atoms with E-state index < -0.39 is 0 Å². The standard InChI is InChI=1S/C16H17ClN6O/c1-21(2)16(24)11-8-12(17)15(18-9-11)22(3)10-14-20-19-13-6-4-5-7-23(13)14/h4-9H,10H2,1-3H3. The molecule has 0 unspecified atom stereocenters. The number of halogens is 1. The van der Waals surface area contributed by atoms with Crippen molar-refractivity contribution in [1.82, 2.24) is 24.5 Å². The number of carbonyl (C=O) groups is 1. The molecule has 0 aliphatic heterocycles. The molecule has 0 bridgehead atoms. The number of anilines is 1. The van der Waals surface area contributed by atoms with E-state index in [0.717, 1.165) is 11.5 Å². The number of hydrogen-bond donors (Lipinski definition) is 0. The lowest BCUT2D eigenvalue weighted by molar-refractivity contribution is 0.0827. The third-order valence-electron chi connectivity index (χ3n) is 3.60. The fourth-order valence-corrected chi connectivity index (χ4v) is 2.68. The molecule has 7 nitrogen and oxygen atoms in total. The van der Waals surface area contributed by atoms with Crippen molar-refractivity contribution in [2.75, 3.05) is 26.0 Å². The molecule has 0 aromatic carbocycles. The predicted octanol–water partition coefficient (Wildman–Crippen LogP) is 2.12. The minimum atomic E-state index is -0.137. The first-order valence-electron chi connectivity index (χ1n) is 7.34. The summed E-state index contributed by atoms with van der Waals surface area (Å²) in [7, 11) is 5.24. The van der Waals surface area contributed by atoms with Gasteiger partial charge in [-0.15, -0.1) is 10.2 Å². The average molecular weight is 345 g/mol. The van der Waals surface area contributed by atoms with Crippen LogP contribution in [0.25, 0.3) is 5.65 Å². The zero-order valence-corrected chi connectivity index (χ0v) is 14.4. The van der Waals surface area contributed by atoms with E-state index in [2.05, 4.69) is 15.2 Å². The lowest BCUT2D eigenvalue weighted by atomic mass is 10.2. The summed E-state index contributed by atoms with van der Waals surface area (Å²) in [5.74, 6) is 1.22. The molecule has 0 fully saturated rings. The van der Waals surface area contributed by atoms with Crippen LogP contribution >= 0.6 is 11.6 Å². The summed E-state index contributed by atoms with van der Waals surface area (Å²) in [5.41, 5.74) is 1.24. The summed E-state index contributed by atoms with van der Waals surface area (Å²) >= 11 is 6.31. The maximum Gasteiger partial charge on any atom is 0.254 e. The Kier molecular flexibility index (Phi) is 4.35. The number of aromatic nitrogens is 4. The van der Waals surface area contributed by atoms with Gasteiger partial charge < -0.3 is 9.80 Å². The highest BCUT2D eigenvalue weighted by molar-refractivity contribution is 6.33. The number of fused-ring (bicyclic) bond motifs is 1. The smallest absolute Gasteiger partial charge is 0.254 e. The molecule has 0 aliphatic carbocycles. The fraction of sp³-hybridized carbons (Fsp3) is 0.250. The third kappa shape index (κ3) is 3.03. The molecule has 3 heterocycles. The van der Waals surface area contributed by atoms with Gasteiger partial charge in [-0.05, 0) is 18.2 Å². The van der Waals surface area contributed by atoms with Crippen molar-refractivity contribution in [2.45, 2.75) is 6.54 Å². The Morgan fingerprint density at radius 3 is 2.75 bits per heavy atom. The van der Waals surface area contributed by atoms with Crippen LogP contribution in [0.4, 0.5) is 5.82 Å². The predicted molar refractivity (Wildman–Crippen MR) is 92.4 cm³/mol. The van der Waals surface area contributed by atoms with Gasteiger partial charge in [0.1, 0.15) is 5.82 Å². The van der Waals surface area contributed by atoms with Crippen LogP contribution in [0.2, 0.25) is 5.02 Å². The first-order valence-corrected chi connectivity index (χ1v) is 7.72. The van der Waals surface area contributed by atoms with Crippen LogP contribution in [0.15, 0.2) is 36.7 Å². The van der Waals surface area contributed by atoms with Crippen LogP contribution in [-0.4, -0.2) is 51.5 Å². The van der Waals surface area contributed by atoms with Crippen molar-refractivity contribution >= 4 is 29.0 Å². The van der Waals surface area contributed by atoms with Gasteiger partial charge in [0.2, 0.25) is 0 Å². The Hall–Kier alpha value is -2.67. The second-order valence-corrected chi connectivity index (χ2v) is 6.04. The van der Waals surface area contributed by atoms with Gasteiger partial charge in [0.25, 0.3) is 5.91 Å². The van der Waals surface area contributed by atoms with Crippen molar-refractivity contribution in [2.24, 2.45) is 0 Å². The van der Waals surface area contributed by atoms with E-state index in [1.807, 2.05) is 40.7 Å². The molecule has 3 rings (SSSR count). The summed E-state index contributed by atoms with van der Waals surface area (Å²) in [5, 5.41) is 8.74. The highest BCUT2D eigenvalue weighted by Crippen LogP contribution is 2.24. The van der Waals surface area contributed by atoms with Gasteiger partial charge in [0.15, 0.2) is 11.5 Å². The lowest BCUT2D eigenvalue weighted by Crippen LogP contribution is -2.23. The average Bonchev–Trinajstić information content (AvgIpc) is 2.97. The van der Waals surface area contributed by atoms with Gasteiger partial charge in [-0.1, -0.05) is 17.7 Å². The summed E-state index contributed by atoms with van der Waals surface area (Å²) in [6, 6.07) is 7.36. The monoisotopic (exact) mass is 344 g/mol. The Morgan fingerprint density at radius 2 is 2.04 bits per heavy atom. The van der Waals surface area contributed by atoms with Crippen molar-refractivity contribution in [3.05, 3.63) is 53.1 Å². The van der Waals surface area contributed by atoms with Gasteiger partial charge in [0, 0.05) is 33.5 Å². The minimum absolute atomic E-state index is 0.137. The molecule has 0 saturated carbocycles. The highest BCUT2D eigenvalue weighted by Gasteiger charge is 2.15. The van der Waals surface area contributed by atoms with Crippen LogP contribution in [0.3, 0.4) is 0 Å². The number of rotatable bonds is 4. The van der Waals surface area contributed by atoms with Gasteiger partial charge in [-0.3, -0.25) is 9.20 Å². The van der Waals surface area contributed by atoms with Gasteiger partial charge in [-0.25, -0.2) is 4.98 Å². The highest BCUT2D eigenvalue weighted by atomic mass is 35.5.